The van der Waals surface area contributed by atoms with Gasteiger partial charge in [-0.3, -0.25) is 4.79 Å². The SMILES string of the molecule is COC(=O)C1=C(C)NC2=C(C(=O)CC(C)(C)C2)[C@H]1c1ccccc1OCc1ccccc1. The van der Waals surface area contributed by atoms with Crippen molar-refractivity contribution < 1.29 is 19.1 Å². The van der Waals surface area contributed by atoms with Crippen molar-refractivity contribution in [2.75, 3.05) is 7.11 Å². The summed E-state index contributed by atoms with van der Waals surface area (Å²) in [6.07, 6.45) is 1.17. The first-order valence-corrected chi connectivity index (χ1v) is 10.9. The van der Waals surface area contributed by atoms with Gasteiger partial charge >= 0.3 is 5.97 Å². The van der Waals surface area contributed by atoms with Crippen molar-refractivity contribution in [2.24, 2.45) is 5.41 Å². The summed E-state index contributed by atoms with van der Waals surface area (Å²) < 4.78 is 11.3. The van der Waals surface area contributed by atoms with Gasteiger partial charge in [-0.2, -0.15) is 0 Å². The zero-order valence-electron chi connectivity index (χ0n) is 19.0. The van der Waals surface area contributed by atoms with Crippen molar-refractivity contribution in [3.63, 3.8) is 0 Å². The smallest absolute Gasteiger partial charge is 0.336 e. The molecule has 166 valence electrons. The Bertz CT molecular complexity index is 1110. The van der Waals surface area contributed by atoms with E-state index in [4.69, 9.17) is 9.47 Å². The lowest BCUT2D eigenvalue weighted by molar-refractivity contribution is -0.136. The number of dihydropyridines is 1. The molecule has 2 aromatic rings. The number of methoxy groups -OCH3 is 1. The summed E-state index contributed by atoms with van der Waals surface area (Å²) in [5, 5.41) is 3.34. The molecule has 32 heavy (non-hydrogen) atoms. The van der Waals surface area contributed by atoms with Gasteiger partial charge in [0.15, 0.2) is 5.78 Å². The molecular weight excluding hydrogens is 402 g/mol. The highest BCUT2D eigenvalue weighted by Gasteiger charge is 2.43. The van der Waals surface area contributed by atoms with Crippen LogP contribution in [0.4, 0.5) is 0 Å². The minimum absolute atomic E-state index is 0.0560. The second-order valence-electron chi connectivity index (χ2n) is 9.23. The number of nitrogens with one attached hydrogen (secondary N) is 1. The van der Waals surface area contributed by atoms with Crippen molar-refractivity contribution in [1.82, 2.24) is 5.32 Å². The van der Waals surface area contributed by atoms with Crippen molar-refractivity contribution in [2.45, 2.75) is 46.1 Å². The second kappa shape index (κ2) is 8.65. The van der Waals surface area contributed by atoms with Gasteiger partial charge in [-0.25, -0.2) is 4.79 Å². The molecule has 1 heterocycles. The summed E-state index contributed by atoms with van der Waals surface area (Å²) in [6, 6.07) is 17.6. The summed E-state index contributed by atoms with van der Waals surface area (Å²) in [4.78, 5) is 26.2. The van der Waals surface area contributed by atoms with E-state index in [2.05, 4.69) is 19.2 Å². The molecule has 0 spiro atoms. The maximum absolute atomic E-state index is 13.4. The maximum atomic E-state index is 13.4. The third-order valence-corrected chi connectivity index (χ3v) is 6.11. The Morgan fingerprint density at radius 2 is 1.75 bits per heavy atom. The molecule has 0 amide bonds. The predicted molar refractivity (Wildman–Crippen MR) is 123 cm³/mol. The van der Waals surface area contributed by atoms with E-state index in [-0.39, 0.29) is 11.2 Å². The molecule has 0 fully saturated rings. The number of carbonyl (C=O) groups excluding carboxylic acids is 2. The minimum atomic E-state index is -0.533. The van der Waals surface area contributed by atoms with Gasteiger partial charge in [-0.05, 0) is 30.4 Å². The van der Waals surface area contributed by atoms with Crippen molar-refractivity contribution >= 4 is 11.8 Å². The van der Waals surface area contributed by atoms with E-state index < -0.39 is 11.9 Å². The van der Waals surface area contributed by atoms with Crippen molar-refractivity contribution in [3.05, 3.63) is 88.3 Å². The summed E-state index contributed by atoms with van der Waals surface area (Å²) in [7, 11) is 1.37. The van der Waals surface area contributed by atoms with Crippen molar-refractivity contribution in [3.8, 4) is 5.75 Å². The van der Waals surface area contributed by atoms with Gasteiger partial charge in [-0.15, -0.1) is 0 Å². The number of rotatable bonds is 5. The van der Waals surface area contributed by atoms with E-state index >= 15 is 0 Å². The van der Waals surface area contributed by atoms with Crippen LogP contribution in [0, 0.1) is 5.41 Å². The topological polar surface area (TPSA) is 64.6 Å². The Kier molecular flexibility index (Phi) is 5.92. The van der Waals surface area contributed by atoms with E-state index in [0.717, 1.165) is 23.2 Å². The first kappa shape index (κ1) is 21.9. The number of Topliss-reactive ketones (excluding diaryl/α,β-unsaturated/α-hetero) is 1. The van der Waals surface area contributed by atoms with Gasteiger partial charge in [0.2, 0.25) is 0 Å². The lowest BCUT2D eigenvalue weighted by Gasteiger charge is -2.39. The van der Waals surface area contributed by atoms with Crippen molar-refractivity contribution in [1.29, 1.82) is 0 Å². The molecule has 0 unspecified atom stereocenters. The number of benzene rings is 2. The second-order valence-corrected chi connectivity index (χ2v) is 9.23. The van der Waals surface area contributed by atoms with Gasteiger partial charge in [0.1, 0.15) is 12.4 Å². The number of para-hydroxylation sites is 1. The molecule has 2 aromatic carbocycles. The number of esters is 1. The molecule has 1 atom stereocenters. The predicted octanol–water partition coefficient (Wildman–Crippen LogP) is 5.04. The Hall–Kier alpha value is -3.34. The van der Waals surface area contributed by atoms with Crippen LogP contribution in [0.15, 0.2) is 77.1 Å². The molecule has 5 nitrogen and oxygen atoms in total. The fourth-order valence-electron chi connectivity index (χ4n) is 4.71. The van der Waals surface area contributed by atoms with E-state index in [1.165, 1.54) is 7.11 Å². The maximum Gasteiger partial charge on any atom is 0.336 e. The Balaban J connectivity index is 1.81. The van der Waals surface area contributed by atoms with Gasteiger partial charge in [0.25, 0.3) is 0 Å². The molecule has 0 saturated carbocycles. The molecule has 1 aliphatic carbocycles. The third-order valence-electron chi connectivity index (χ3n) is 6.11. The number of carbonyl (C=O) groups is 2. The Morgan fingerprint density at radius 1 is 1.06 bits per heavy atom. The highest BCUT2D eigenvalue weighted by Crippen LogP contribution is 2.48. The summed E-state index contributed by atoms with van der Waals surface area (Å²) >= 11 is 0. The lowest BCUT2D eigenvalue weighted by Crippen LogP contribution is -2.38. The number of hydrogen-bond acceptors (Lipinski definition) is 5. The molecular formula is C27H29NO4. The van der Waals surface area contributed by atoms with E-state index in [0.29, 0.717) is 35.6 Å². The first-order valence-electron chi connectivity index (χ1n) is 10.9. The van der Waals surface area contributed by atoms with Crippen LogP contribution in [-0.4, -0.2) is 18.9 Å². The first-order chi connectivity index (χ1) is 15.3. The standard InChI is InChI=1S/C27H29NO4/c1-17-23(26(30)31-4)24(25-20(28-17)14-27(2,3)15-21(25)29)19-12-8-9-13-22(19)32-16-18-10-6-5-7-11-18/h5-13,24,28H,14-16H2,1-4H3/t24-/m0/s1. The van der Waals surface area contributed by atoms with Crippen LogP contribution in [0.3, 0.4) is 0 Å². The zero-order valence-corrected chi connectivity index (χ0v) is 19.0. The molecule has 0 aromatic heterocycles. The van der Waals surface area contributed by atoms with Crippen LogP contribution < -0.4 is 10.1 Å². The van der Waals surface area contributed by atoms with Gasteiger partial charge in [0, 0.05) is 29.0 Å². The van der Waals surface area contributed by atoms with Crippen LogP contribution in [-0.2, 0) is 20.9 Å². The quantitative estimate of drug-likeness (QED) is 0.672. The molecule has 1 N–H and O–H groups in total. The normalized spacial score (nSPS) is 19.9. The average molecular weight is 432 g/mol. The number of hydrogen-bond donors (Lipinski definition) is 1. The summed E-state index contributed by atoms with van der Waals surface area (Å²) in [5.74, 6) is -0.265. The largest absolute Gasteiger partial charge is 0.489 e. The fourth-order valence-corrected chi connectivity index (χ4v) is 4.71. The van der Waals surface area contributed by atoms with Crippen LogP contribution in [0.25, 0.3) is 0 Å². The highest BCUT2D eigenvalue weighted by molar-refractivity contribution is 6.04. The van der Waals surface area contributed by atoms with Crippen LogP contribution in [0.1, 0.15) is 50.7 Å². The molecule has 0 bridgehead atoms. The zero-order chi connectivity index (χ0) is 22.9. The number of allylic oxidation sites excluding steroid dienone is 3. The highest BCUT2D eigenvalue weighted by atomic mass is 16.5. The molecule has 4 rings (SSSR count). The Labute approximate surface area is 189 Å². The van der Waals surface area contributed by atoms with E-state index in [1.807, 2.05) is 61.5 Å². The Morgan fingerprint density at radius 3 is 2.47 bits per heavy atom. The van der Waals surface area contributed by atoms with Crippen LogP contribution >= 0.6 is 0 Å². The van der Waals surface area contributed by atoms with Crippen LogP contribution in [0.5, 0.6) is 5.75 Å². The summed E-state index contributed by atoms with van der Waals surface area (Å²) in [5.41, 5.74) is 4.40. The molecule has 1 aliphatic heterocycles. The number of ether oxygens (including phenoxy) is 2. The minimum Gasteiger partial charge on any atom is -0.489 e. The monoisotopic (exact) mass is 431 g/mol. The van der Waals surface area contributed by atoms with E-state index in [1.54, 1.807) is 0 Å². The molecule has 2 aliphatic rings. The van der Waals surface area contributed by atoms with Gasteiger partial charge in [-0.1, -0.05) is 62.4 Å². The molecule has 5 heteroatoms. The average Bonchev–Trinajstić information content (AvgIpc) is 2.76. The van der Waals surface area contributed by atoms with E-state index in [9.17, 15) is 9.59 Å². The molecule has 0 saturated heterocycles. The van der Waals surface area contributed by atoms with Gasteiger partial charge < -0.3 is 14.8 Å². The van der Waals surface area contributed by atoms with Crippen LogP contribution in [0.2, 0.25) is 0 Å². The van der Waals surface area contributed by atoms with Gasteiger partial charge in [0.05, 0.1) is 18.6 Å². The fraction of sp³-hybridized carbons (Fsp3) is 0.333. The third kappa shape index (κ3) is 4.20. The molecule has 0 radical (unpaired) electrons. The number of ketones is 1. The summed E-state index contributed by atoms with van der Waals surface area (Å²) in [6.45, 7) is 6.45. The lowest BCUT2D eigenvalue weighted by atomic mass is 9.68.